The molecule has 208 valence electrons. The van der Waals surface area contributed by atoms with Crippen LogP contribution in [0.4, 0.5) is 10.5 Å². The number of benzene rings is 1. The molecule has 0 aliphatic carbocycles. The van der Waals surface area contributed by atoms with E-state index in [1.807, 2.05) is 26.1 Å². The smallest absolute Gasteiger partial charge is 0.407 e. The Kier molecular flexibility index (Phi) is 9.84. The van der Waals surface area contributed by atoms with E-state index >= 15 is 0 Å². The second-order valence-electron chi connectivity index (χ2n) is 10.8. The van der Waals surface area contributed by atoms with Crippen LogP contribution in [-0.2, 0) is 14.3 Å². The van der Waals surface area contributed by atoms with Gasteiger partial charge in [-0.25, -0.2) is 4.79 Å². The summed E-state index contributed by atoms with van der Waals surface area (Å²) in [5.41, 5.74) is 0.564. The highest BCUT2D eigenvalue weighted by atomic mass is 16.6. The maximum Gasteiger partial charge on any atom is 0.407 e. The summed E-state index contributed by atoms with van der Waals surface area (Å²) >= 11 is 0. The molecule has 1 unspecified atom stereocenters. The number of hydrogen-bond acceptors (Lipinski definition) is 8. The van der Waals surface area contributed by atoms with Gasteiger partial charge in [-0.15, -0.1) is 0 Å². The minimum absolute atomic E-state index is 0.144. The van der Waals surface area contributed by atoms with Crippen LogP contribution >= 0.6 is 0 Å². The molecule has 38 heavy (non-hydrogen) atoms. The van der Waals surface area contributed by atoms with Crippen molar-refractivity contribution in [3.63, 3.8) is 0 Å². The molecule has 0 spiro atoms. The highest BCUT2D eigenvalue weighted by Gasteiger charge is 2.42. The topological polar surface area (TPSA) is 137 Å². The van der Waals surface area contributed by atoms with Crippen molar-refractivity contribution in [2.24, 2.45) is 0 Å². The maximum atomic E-state index is 13.0. The summed E-state index contributed by atoms with van der Waals surface area (Å²) in [6.45, 7) is 10.5. The molecule has 0 saturated carbocycles. The first kappa shape index (κ1) is 29.1. The van der Waals surface area contributed by atoms with Crippen molar-refractivity contribution in [2.75, 3.05) is 31.5 Å². The Labute approximate surface area is 223 Å². The third-order valence-corrected chi connectivity index (χ3v) is 6.69. The molecule has 3 rings (SSSR count). The van der Waals surface area contributed by atoms with Crippen molar-refractivity contribution in [2.45, 2.75) is 77.5 Å². The quantitative estimate of drug-likeness (QED) is 0.226. The van der Waals surface area contributed by atoms with Crippen molar-refractivity contribution in [3.8, 4) is 0 Å². The summed E-state index contributed by atoms with van der Waals surface area (Å²) in [5.74, 6) is -1.81. The number of likely N-dealkylation sites (tertiary alicyclic amines) is 1. The summed E-state index contributed by atoms with van der Waals surface area (Å²) < 4.78 is 5.34. The highest BCUT2D eigenvalue weighted by molar-refractivity contribution is 6.25. The third-order valence-electron chi connectivity index (χ3n) is 6.69. The first-order valence-electron chi connectivity index (χ1n) is 13.2. The van der Waals surface area contributed by atoms with Gasteiger partial charge in [0.2, 0.25) is 12.3 Å². The Morgan fingerprint density at radius 2 is 1.82 bits per heavy atom. The normalized spacial score (nSPS) is 17.1. The second-order valence-corrected chi connectivity index (χ2v) is 10.8. The van der Waals surface area contributed by atoms with Crippen LogP contribution in [0.3, 0.4) is 0 Å². The SMILES string of the molecule is CC(C(=O)NC=O)N1C(=O)c2cccc(NCCCCCN3CCC(NC(=O)OC(C)(C)C)CC3)c2C1=O. The summed E-state index contributed by atoms with van der Waals surface area (Å²) in [6.07, 6.45) is 4.61. The van der Waals surface area contributed by atoms with Crippen LogP contribution in [0, 0.1) is 0 Å². The largest absolute Gasteiger partial charge is 0.444 e. The zero-order chi connectivity index (χ0) is 27.9. The van der Waals surface area contributed by atoms with Crippen molar-refractivity contribution in [3.05, 3.63) is 29.3 Å². The average Bonchev–Trinajstić information content (AvgIpc) is 3.11. The molecular formula is C27H39N5O6. The number of amides is 5. The van der Waals surface area contributed by atoms with Crippen LogP contribution in [0.5, 0.6) is 0 Å². The zero-order valence-electron chi connectivity index (χ0n) is 22.7. The van der Waals surface area contributed by atoms with Gasteiger partial charge < -0.3 is 20.3 Å². The fraction of sp³-hybridized carbons (Fsp3) is 0.593. The van der Waals surface area contributed by atoms with E-state index in [4.69, 9.17) is 4.74 Å². The lowest BCUT2D eigenvalue weighted by atomic mass is 10.0. The Balaban J connectivity index is 1.38. The lowest BCUT2D eigenvalue weighted by Crippen LogP contribution is -2.47. The highest BCUT2D eigenvalue weighted by Crippen LogP contribution is 2.30. The van der Waals surface area contributed by atoms with Crippen LogP contribution in [0.15, 0.2) is 18.2 Å². The van der Waals surface area contributed by atoms with Gasteiger partial charge in [0.1, 0.15) is 11.6 Å². The monoisotopic (exact) mass is 529 g/mol. The van der Waals surface area contributed by atoms with E-state index < -0.39 is 29.4 Å². The number of alkyl carbamates (subject to hydrolysis) is 1. The minimum atomic E-state index is -1.10. The fourth-order valence-corrected chi connectivity index (χ4v) is 4.73. The number of piperidine rings is 1. The standard InChI is InChI=1S/C27H39N5O6/c1-18(23(34)29-17-33)32-24(35)20-9-8-10-21(22(20)25(32)36)28-13-6-5-7-14-31-15-11-19(12-16-31)30-26(37)38-27(2,3)4/h8-10,17-19,28H,5-7,11-16H2,1-4H3,(H,30,37)(H,29,33,34). The van der Waals surface area contributed by atoms with E-state index in [2.05, 4.69) is 15.5 Å². The van der Waals surface area contributed by atoms with Gasteiger partial charge in [-0.1, -0.05) is 12.5 Å². The number of anilines is 1. The van der Waals surface area contributed by atoms with E-state index in [-0.39, 0.29) is 29.7 Å². The van der Waals surface area contributed by atoms with E-state index in [9.17, 15) is 24.0 Å². The van der Waals surface area contributed by atoms with Crippen molar-refractivity contribution >= 4 is 35.9 Å². The van der Waals surface area contributed by atoms with E-state index in [0.29, 0.717) is 12.2 Å². The van der Waals surface area contributed by atoms with Gasteiger partial charge in [-0.3, -0.25) is 29.4 Å². The van der Waals surface area contributed by atoms with E-state index in [1.165, 1.54) is 6.92 Å². The molecule has 11 nitrogen and oxygen atoms in total. The molecule has 1 saturated heterocycles. The summed E-state index contributed by atoms with van der Waals surface area (Å²) in [4.78, 5) is 63.6. The first-order chi connectivity index (χ1) is 18.0. The average molecular weight is 530 g/mol. The number of imide groups is 2. The number of nitrogens with zero attached hydrogens (tertiary/aromatic N) is 2. The lowest BCUT2D eigenvalue weighted by molar-refractivity contribution is -0.128. The lowest BCUT2D eigenvalue weighted by Gasteiger charge is -2.32. The Bertz CT molecular complexity index is 1040. The number of carbonyl (C=O) groups excluding carboxylic acids is 5. The van der Waals surface area contributed by atoms with Crippen LogP contribution in [-0.4, -0.2) is 83.9 Å². The molecule has 1 fully saturated rings. The summed E-state index contributed by atoms with van der Waals surface area (Å²) in [5, 5.41) is 8.22. The Morgan fingerprint density at radius 1 is 1.11 bits per heavy atom. The predicted octanol–water partition coefficient (Wildman–Crippen LogP) is 2.52. The van der Waals surface area contributed by atoms with Gasteiger partial charge in [0.05, 0.1) is 11.1 Å². The van der Waals surface area contributed by atoms with Gasteiger partial charge in [0.15, 0.2) is 0 Å². The summed E-state index contributed by atoms with van der Waals surface area (Å²) in [7, 11) is 0. The van der Waals surface area contributed by atoms with Gasteiger partial charge in [-0.05, 0) is 72.1 Å². The third kappa shape index (κ3) is 7.53. The fourth-order valence-electron chi connectivity index (χ4n) is 4.73. The molecular weight excluding hydrogens is 490 g/mol. The Morgan fingerprint density at radius 3 is 2.47 bits per heavy atom. The summed E-state index contributed by atoms with van der Waals surface area (Å²) in [6, 6.07) is 4.06. The molecule has 0 aromatic heterocycles. The molecule has 11 heteroatoms. The molecule has 0 bridgehead atoms. The molecule has 1 atom stereocenters. The number of unbranched alkanes of at least 4 members (excludes halogenated alkanes) is 2. The molecule has 1 aromatic carbocycles. The molecule has 5 amide bonds. The van der Waals surface area contributed by atoms with Crippen LogP contribution in [0.25, 0.3) is 0 Å². The van der Waals surface area contributed by atoms with Crippen molar-refractivity contribution in [1.82, 2.24) is 20.4 Å². The first-order valence-corrected chi connectivity index (χ1v) is 13.2. The molecule has 2 aliphatic heterocycles. The van der Waals surface area contributed by atoms with Crippen LogP contribution in [0.1, 0.15) is 80.5 Å². The maximum absolute atomic E-state index is 13.0. The number of fused-ring (bicyclic) bond motifs is 1. The predicted molar refractivity (Wildman–Crippen MR) is 142 cm³/mol. The molecule has 2 aliphatic rings. The minimum Gasteiger partial charge on any atom is -0.444 e. The number of carbonyl (C=O) groups is 5. The number of nitrogens with one attached hydrogen (secondary N) is 3. The number of ether oxygens (including phenoxy) is 1. The van der Waals surface area contributed by atoms with Crippen molar-refractivity contribution in [1.29, 1.82) is 0 Å². The Hall–Kier alpha value is -3.47. The van der Waals surface area contributed by atoms with Crippen LogP contribution < -0.4 is 16.0 Å². The van der Waals surface area contributed by atoms with E-state index in [0.717, 1.165) is 56.6 Å². The molecule has 1 aromatic rings. The van der Waals surface area contributed by atoms with Crippen molar-refractivity contribution < 1.29 is 28.7 Å². The van der Waals surface area contributed by atoms with Crippen LogP contribution in [0.2, 0.25) is 0 Å². The van der Waals surface area contributed by atoms with E-state index in [1.54, 1.807) is 18.2 Å². The second kappa shape index (κ2) is 12.9. The number of rotatable bonds is 11. The zero-order valence-corrected chi connectivity index (χ0v) is 22.7. The van der Waals surface area contributed by atoms with Gasteiger partial charge >= 0.3 is 6.09 Å². The molecule has 3 N–H and O–H groups in total. The molecule has 0 radical (unpaired) electrons. The van der Waals surface area contributed by atoms with Gasteiger partial charge in [0.25, 0.3) is 11.8 Å². The van der Waals surface area contributed by atoms with Gasteiger partial charge in [0, 0.05) is 31.4 Å². The van der Waals surface area contributed by atoms with Gasteiger partial charge in [-0.2, -0.15) is 0 Å². The number of hydrogen-bond donors (Lipinski definition) is 3. The molecule has 2 heterocycles.